The molecule has 0 saturated heterocycles. The van der Waals surface area contributed by atoms with Crippen molar-refractivity contribution in [2.75, 3.05) is 5.73 Å². The molecule has 1 aromatic heterocycles. The van der Waals surface area contributed by atoms with E-state index < -0.39 is 4.92 Å². The summed E-state index contributed by atoms with van der Waals surface area (Å²) in [6.07, 6.45) is 1.76. The van der Waals surface area contributed by atoms with Gasteiger partial charge in [0.15, 0.2) is 0 Å². The summed E-state index contributed by atoms with van der Waals surface area (Å²) in [6, 6.07) is 6.96. The Morgan fingerprint density at radius 2 is 2.05 bits per heavy atom. The molecule has 0 bridgehead atoms. The Labute approximate surface area is 117 Å². The summed E-state index contributed by atoms with van der Waals surface area (Å²) in [4.78, 5) is 10.4. The highest BCUT2D eigenvalue weighted by Crippen LogP contribution is 2.23. The first-order chi connectivity index (χ1) is 9.55. The largest absolute Gasteiger partial charge is 0.393 e. The molecule has 0 amide bonds. The van der Waals surface area contributed by atoms with Crippen molar-refractivity contribution in [1.29, 1.82) is 0 Å². The molecule has 20 heavy (non-hydrogen) atoms. The highest BCUT2D eigenvalue weighted by Gasteiger charge is 2.13. The van der Waals surface area contributed by atoms with Gasteiger partial charge in [-0.15, -0.1) is 0 Å². The van der Waals surface area contributed by atoms with Gasteiger partial charge < -0.3 is 5.73 Å². The second-order valence-electron chi connectivity index (χ2n) is 4.64. The van der Waals surface area contributed by atoms with Gasteiger partial charge in [-0.1, -0.05) is 19.9 Å². The minimum Gasteiger partial charge on any atom is -0.393 e. The molecule has 106 valence electrons. The standard InChI is InChI=1S/C14H18N4O2/c1-3-11-8-12(4-2)17(16-11)9-10-5-6-13(15)14(7-10)18(19)20/h5-8H,3-4,9,15H2,1-2H3. The molecular weight excluding hydrogens is 256 g/mol. The van der Waals surface area contributed by atoms with Gasteiger partial charge in [-0.2, -0.15) is 5.10 Å². The van der Waals surface area contributed by atoms with Crippen molar-refractivity contribution in [3.8, 4) is 0 Å². The van der Waals surface area contributed by atoms with E-state index in [0.717, 1.165) is 29.8 Å². The van der Waals surface area contributed by atoms with E-state index in [0.29, 0.717) is 6.54 Å². The van der Waals surface area contributed by atoms with Gasteiger partial charge in [0.25, 0.3) is 5.69 Å². The van der Waals surface area contributed by atoms with Crippen molar-refractivity contribution in [2.24, 2.45) is 0 Å². The minimum absolute atomic E-state index is 0.0524. The van der Waals surface area contributed by atoms with Crippen LogP contribution in [-0.4, -0.2) is 14.7 Å². The molecule has 2 aromatic rings. The fourth-order valence-corrected chi connectivity index (χ4v) is 2.13. The molecule has 2 rings (SSSR count). The lowest BCUT2D eigenvalue weighted by molar-refractivity contribution is -0.384. The predicted molar refractivity (Wildman–Crippen MR) is 77.6 cm³/mol. The average molecular weight is 274 g/mol. The maximum atomic E-state index is 10.9. The zero-order valence-electron chi connectivity index (χ0n) is 11.7. The summed E-state index contributed by atoms with van der Waals surface area (Å²) in [5.41, 5.74) is 8.72. The maximum Gasteiger partial charge on any atom is 0.292 e. The number of benzene rings is 1. The molecule has 0 aliphatic rings. The molecule has 6 nitrogen and oxygen atoms in total. The van der Waals surface area contributed by atoms with Crippen LogP contribution in [0.15, 0.2) is 24.3 Å². The van der Waals surface area contributed by atoms with E-state index in [1.807, 2.05) is 4.68 Å². The number of hydrogen-bond acceptors (Lipinski definition) is 4. The molecule has 1 aromatic carbocycles. The summed E-state index contributed by atoms with van der Waals surface area (Å²) >= 11 is 0. The van der Waals surface area contributed by atoms with Crippen LogP contribution in [0.5, 0.6) is 0 Å². The third-order valence-corrected chi connectivity index (χ3v) is 3.26. The molecule has 6 heteroatoms. The first-order valence-corrected chi connectivity index (χ1v) is 6.63. The Bertz CT molecular complexity index is 634. The van der Waals surface area contributed by atoms with Crippen LogP contribution in [0, 0.1) is 10.1 Å². The summed E-state index contributed by atoms with van der Waals surface area (Å²) in [5.74, 6) is 0. The van der Waals surface area contributed by atoms with Crippen molar-refractivity contribution in [2.45, 2.75) is 33.2 Å². The summed E-state index contributed by atoms with van der Waals surface area (Å²) in [7, 11) is 0. The first-order valence-electron chi connectivity index (χ1n) is 6.63. The average Bonchev–Trinajstić information content (AvgIpc) is 2.83. The van der Waals surface area contributed by atoms with Crippen LogP contribution >= 0.6 is 0 Å². The van der Waals surface area contributed by atoms with Crippen molar-refractivity contribution in [3.05, 3.63) is 51.3 Å². The summed E-state index contributed by atoms with van der Waals surface area (Å²) < 4.78 is 1.90. The number of aryl methyl sites for hydroxylation is 2. The first kappa shape index (κ1) is 14.0. The Balaban J connectivity index is 2.32. The highest BCUT2D eigenvalue weighted by molar-refractivity contribution is 5.59. The number of nitrogen functional groups attached to an aromatic ring is 1. The maximum absolute atomic E-state index is 10.9. The zero-order valence-corrected chi connectivity index (χ0v) is 11.7. The SMILES string of the molecule is CCc1cc(CC)n(Cc2ccc(N)c([N+](=O)[O-])c2)n1. The van der Waals surface area contributed by atoms with Crippen LogP contribution in [0.4, 0.5) is 11.4 Å². The van der Waals surface area contributed by atoms with Gasteiger partial charge >= 0.3 is 0 Å². The second kappa shape index (κ2) is 5.73. The third kappa shape index (κ3) is 2.79. The van der Waals surface area contributed by atoms with Crippen molar-refractivity contribution < 1.29 is 4.92 Å². The molecular formula is C14H18N4O2. The minimum atomic E-state index is -0.458. The van der Waals surface area contributed by atoms with Crippen molar-refractivity contribution in [3.63, 3.8) is 0 Å². The topological polar surface area (TPSA) is 87.0 Å². The van der Waals surface area contributed by atoms with Crippen LogP contribution in [0.3, 0.4) is 0 Å². The van der Waals surface area contributed by atoms with E-state index in [4.69, 9.17) is 5.73 Å². The number of nitro groups is 1. The summed E-state index contributed by atoms with van der Waals surface area (Å²) in [6.45, 7) is 4.64. The van der Waals surface area contributed by atoms with Crippen LogP contribution in [0.1, 0.15) is 30.8 Å². The fourth-order valence-electron chi connectivity index (χ4n) is 2.13. The Morgan fingerprint density at radius 1 is 1.30 bits per heavy atom. The van der Waals surface area contributed by atoms with Gasteiger partial charge in [-0.3, -0.25) is 14.8 Å². The number of nitrogens with zero attached hydrogens (tertiary/aromatic N) is 3. The van der Waals surface area contributed by atoms with Gasteiger partial charge in [0, 0.05) is 11.8 Å². The number of nitrogens with two attached hydrogens (primary N) is 1. The Morgan fingerprint density at radius 3 is 2.65 bits per heavy atom. The van der Waals surface area contributed by atoms with Crippen LogP contribution in [0.2, 0.25) is 0 Å². The smallest absolute Gasteiger partial charge is 0.292 e. The van der Waals surface area contributed by atoms with E-state index in [-0.39, 0.29) is 11.4 Å². The van der Waals surface area contributed by atoms with E-state index in [1.165, 1.54) is 6.07 Å². The van der Waals surface area contributed by atoms with Gasteiger partial charge in [-0.25, -0.2) is 0 Å². The van der Waals surface area contributed by atoms with E-state index in [2.05, 4.69) is 25.0 Å². The number of nitro benzene ring substituents is 1. The van der Waals surface area contributed by atoms with Crippen molar-refractivity contribution in [1.82, 2.24) is 9.78 Å². The lowest BCUT2D eigenvalue weighted by Crippen LogP contribution is -2.07. The Hall–Kier alpha value is -2.37. The third-order valence-electron chi connectivity index (χ3n) is 3.26. The monoisotopic (exact) mass is 274 g/mol. The zero-order chi connectivity index (χ0) is 14.7. The predicted octanol–water partition coefficient (Wildman–Crippen LogP) is 2.55. The summed E-state index contributed by atoms with van der Waals surface area (Å²) in [5, 5.41) is 15.4. The lowest BCUT2D eigenvalue weighted by atomic mass is 10.1. The molecule has 0 atom stereocenters. The molecule has 0 spiro atoms. The normalized spacial score (nSPS) is 10.7. The molecule has 0 radical (unpaired) electrons. The number of anilines is 1. The molecule has 0 saturated carbocycles. The molecule has 0 aliphatic heterocycles. The van der Waals surface area contributed by atoms with Crippen molar-refractivity contribution >= 4 is 11.4 Å². The van der Waals surface area contributed by atoms with Gasteiger partial charge in [0.2, 0.25) is 0 Å². The number of aromatic nitrogens is 2. The lowest BCUT2D eigenvalue weighted by Gasteiger charge is -2.07. The van der Waals surface area contributed by atoms with Gasteiger partial charge in [-0.05, 0) is 30.5 Å². The number of rotatable bonds is 5. The molecule has 0 unspecified atom stereocenters. The molecule has 0 fully saturated rings. The molecule has 0 aliphatic carbocycles. The van der Waals surface area contributed by atoms with Gasteiger partial charge in [0.1, 0.15) is 5.69 Å². The quantitative estimate of drug-likeness (QED) is 0.515. The highest BCUT2D eigenvalue weighted by atomic mass is 16.6. The van der Waals surface area contributed by atoms with Crippen LogP contribution in [-0.2, 0) is 19.4 Å². The fraction of sp³-hybridized carbons (Fsp3) is 0.357. The van der Waals surface area contributed by atoms with Crippen LogP contribution in [0.25, 0.3) is 0 Å². The second-order valence-corrected chi connectivity index (χ2v) is 4.64. The van der Waals surface area contributed by atoms with E-state index >= 15 is 0 Å². The van der Waals surface area contributed by atoms with E-state index in [9.17, 15) is 10.1 Å². The number of hydrogen-bond donors (Lipinski definition) is 1. The molecule has 2 N–H and O–H groups in total. The van der Waals surface area contributed by atoms with E-state index in [1.54, 1.807) is 12.1 Å². The Kier molecular flexibility index (Phi) is 4.02. The van der Waals surface area contributed by atoms with Crippen LogP contribution < -0.4 is 5.73 Å². The molecule has 1 heterocycles. The van der Waals surface area contributed by atoms with Gasteiger partial charge in [0.05, 0.1) is 17.2 Å².